The number of nitrogens with one attached hydrogen (secondary N) is 2. The van der Waals surface area contributed by atoms with Crippen molar-refractivity contribution in [3.63, 3.8) is 0 Å². The van der Waals surface area contributed by atoms with Gasteiger partial charge in [-0.15, -0.1) is 0 Å². The van der Waals surface area contributed by atoms with E-state index in [9.17, 15) is 4.79 Å². The average Bonchev–Trinajstić information content (AvgIpc) is 2.95. The van der Waals surface area contributed by atoms with E-state index in [4.69, 9.17) is 4.74 Å². The lowest BCUT2D eigenvalue weighted by Gasteiger charge is -2.31. The summed E-state index contributed by atoms with van der Waals surface area (Å²) in [6, 6.07) is 6.01. The molecule has 24 heavy (non-hydrogen) atoms. The number of ether oxygens (including phenoxy) is 1. The zero-order valence-electron chi connectivity index (χ0n) is 15.9. The van der Waals surface area contributed by atoms with Gasteiger partial charge in [0.25, 0.3) is 0 Å². The lowest BCUT2D eigenvalue weighted by Crippen LogP contribution is -2.40. The van der Waals surface area contributed by atoms with Gasteiger partial charge in [-0.2, -0.15) is 0 Å². The predicted molar refractivity (Wildman–Crippen MR) is 99.6 cm³/mol. The second-order valence-electron chi connectivity index (χ2n) is 8.24. The number of carbonyl (C=O) groups excluding carboxylic acids is 1. The first kappa shape index (κ1) is 18.8. The summed E-state index contributed by atoms with van der Waals surface area (Å²) in [5.74, 6) is 0.742. The highest BCUT2D eigenvalue weighted by molar-refractivity contribution is 5.91. The minimum atomic E-state index is -0.134. The number of hydrogen-bond donors (Lipinski definition) is 2. The van der Waals surface area contributed by atoms with Crippen LogP contribution in [0.15, 0.2) is 18.2 Å². The number of aryl methyl sites for hydroxylation is 1. The third kappa shape index (κ3) is 4.50. The average molecular weight is 332 g/mol. The van der Waals surface area contributed by atoms with E-state index in [1.165, 1.54) is 5.56 Å². The first-order chi connectivity index (χ1) is 11.2. The van der Waals surface area contributed by atoms with Crippen molar-refractivity contribution in [1.82, 2.24) is 5.32 Å². The zero-order chi connectivity index (χ0) is 17.9. The fourth-order valence-electron chi connectivity index (χ4n) is 3.52. The normalized spacial score (nSPS) is 21.1. The van der Waals surface area contributed by atoms with E-state index >= 15 is 0 Å². The number of carbonyl (C=O) groups is 1. The summed E-state index contributed by atoms with van der Waals surface area (Å²) in [5.41, 5.74) is 3.29. The molecule has 0 radical (unpaired) electrons. The monoisotopic (exact) mass is 332 g/mol. The number of anilines is 1. The van der Waals surface area contributed by atoms with Gasteiger partial charge in [-0.1, -0.05) is 52.8 Å². The van der Waals surface area contributed by atoms with E-state index in [1.807, 2.05) is 19.1 Å². The molecule has 2 amide bonds. The highest BCUT2D eigenvalue weighted by Gasteiger charge is 2.37. The second kappa shape index (κ2) is 7.56. The van der Waals surface area contributed by atoms with Crippen LogP contribution in [-0.2, 0) is 4.74 Å². The Morgan fingerprint density at radius 3 is 2.67 bits per heavy atom. The maximum atomic E-state index is 12.4. The Bertz CT molecular complexity index is 575. The molecule has 1 fully saturated rings. The van der Waals surface area contributed by atoms with Gasteiger partial charge < -0.3 is 15.4 Å². The third-order valence-corrected chi connectivity index (χ3v) is 4.76. The number of para-hydroxylation sites is 1. The molecule has 0 bridgehead atoms. The number of hydrogen-bond acceptors (Lipinski definition) is 2. The summed E-state index contributed by atoms with van der Waals surface area (Å²) in [4.78, 5) is 12.4. The van der Waals surface area contributed by atoms with E-state index in [0.29, 0.717) is 18.4 Å². The summed E-state index contributed by atoms with van der Waals surface area (Å²) < 4.78 is 5.88. The number of urea groups is 1. The van der Waals surface area contributed by atoms with Gasteiger partial charge in [-0.25, -0.2) is 4.79 Å². The van der Waals surface area contributed by atoms with Crippen molar-refractivity contribution in [1.29, 1.82) is 0 Å². The largest absolute Gasteiger partial charge is 0.377 e. The molecule has 0 unspecified atom stereocenters. The van der Waals surface area contributed by atoms with Gasteiger partial charge in [0.2, 0.25) is 0 Å². The van der Waals surface area contributed by atoms with Gasteiger partial charge in [0.15, 0.2) is 0 Å². The summed E-state index contributed by atoms with van der Waals surface area (Å²) >= 11 is 0. The van der Waals surface area contributed by atoms with Gasteiger partial charge in [-0.05, 0) is 35.8 Å². The van der Waals surface area contributed by atoms with Crippen molar-refractivity contribution in [2.75, 3.05) is 18.5 Å². The topological polar surface area (TPSA) is 50.4 Å². The molecule has 134 valence electrons. The van der Waals surface area contributed by atoms with Crippen molar-refractivity contribution >= 4 is 11.7 Å². The Kier molecular flexibility index (Phi) is 5.92. The molecule has 1 aromatic carbocycles. The van der Waals surface area contributed by atoms with Crippen LogP contribution in [-0.4, -0.2) is 25.3 Å². The van der Waals surface area contributed by atoms with Crippen LogP contribution in [0.4, 0.5) is 10.5 Å². The van der Waals surface area contributed by atoms with Gasteiger partial charge in [0.05, 0.1) is 6.10 Å². The molecule has 0 aromatic heterocycles. The molecule has 2 atom stereocenters. The standard InChI is InChI=1S/C20H32N2O2/c1-13(2)16-9-7-8-14(3)17(16)22-19(23)21-12-15-10-11-24-18(15)20(4,5)6/h7-9,13,15,18H,10-12H2,1-6H3,(H2,21,22,23)/t15-,18+/m1/s1. The smallest absolute Gasteiger partial charge is 0.319 e. The lowest BCUT2D eigenvalue weighted by molar-refractivity contribution is 0.00782. The van der Waals surface area contributed by atoms with Gasteiger partial charge in [0, 0.05) is 24.8 Å². The van der Waals surface area contributed by atoms with E-state index in [-0.39, 0.29) is 17.6 Å². The second-order valence-corrected chi connectivity index (χ2v) is 8.24. The SMILES string of the molecule is Cc1cccc(C(C)C)c1NC(=O)NC[C@H]1CCO[C@@H]1C(C)(C)C. The highest BCUT2D eigenvalue weighted by atomic mass is 16.5. The number of rotatable bonds is 4. The van der Waals surface area contributed by atoms with Crippen molar-refractivity contribution in [3.05, 3.63) is 29.3 Å². The van der Waals surface area contributed by atoms with Crippen LogP contribution in [0.25, 0.3) is 0 Å². The molecule has 1 aliphatic rings. The number of amides is 2. The lowest BCUT2D eigenvalue weighted by atomic mass is 9.81. The summed E-state index contributed by atoms with van der Waals surface area (Å²) in [6.07, 6.45) is 1.20. The Morgan fingerprint density at radius 1 is 1.33 bits per heavy atom. The van der Waals surface area contributed by atoms with Crippen molar-refractivity contribution in [2.45, 2.75) is 60.0 Å². The maximum absolute atomic E-state index is 12.4. The van der Waals surface area contributed by atoms with Crippen LogP contribution < -0.4 is 10.6 Å². The van der Waals surface area contributed by atoms with Gasteiger partial charge in [0.1, 0.15) is 0 Å². The molecule has 1 heterocycles. The molecular weight excluding hydrogens is 300 g/mol. The first-order valence-corrected chi connectivity index (χ1v) is 8.96. The first-order valence-electron chi connectivity index (χ1n) is 8.96. The number of benzene rings is 1. The molecule has 2 rings (SSSR count). The molecule has 1 aromatic rings. The minimum Gasteiger partial charge on any atom is -0.377 e. The van der Waals surface area contributed by atoms with Crippen LogP contribution in [0.2, 0.25) is 0 Å². The summed E-state index contributed by atoms with van der Waals surface area (Å²) in [6.45, 7) is 14.3. The van der Waals surface area contributed by atoms with E-state index < -0.39 is 0 Å². The highest BCUT2D eigenvalue weighted by Crippen LogP contribution is 2.34. The molecule has 1 saturated heterocycles. The maximum Gasteiger partial charge on any atom is 0.319 e. The van der Waals surface area contributed by atoms with Crippen LogP contribution in [0, 0.1) is 18.3 Å². The summed E-state index contributed by atoms with van der Waals surface area (Å²) in [5, 5.41) is 6.09. The Balaban J connectivity index is 1.97. The van der Waals surface area contributed by atoms with E-state index in [0.717, 1.165) is 24.3 Å². The molecular formula is C20H32N2O2. The Morgan fingerprint density at radius 2 is 2.04 bits per heavy atom. The van der Waals surface area contributed by atoms with Crippen LogP contribution in [0.5, 0.6) is 0 Å². The van der Waals surface area contributed by atoms with Crippen molar-refractivity contribution in [3.8, 4) is 0 Å². The fourth-order valence-corrected chi connectivity index (χ4v) is 3.52. The van der Waals surface area contributed by atoms with Gasteiger partial charge in [-0.3, -0.25) is 0 Å². The Hall–Kier alpha value is -1.55. The molecule has 4 nitrogen and oxygen atoms in total. The van der Waals surface area contributed by atoms with Crippen molar-refractivity contribution in [2.24, 2.45) is 11.3 Å². The van der Waals surface area contributed by atoms with Crippen LogP contribution in [0.1, 0.15) is 58.1 Å². The fraction of sp³-hybridized carbons (Fsp3) is 0.650. The molecule has 4 heteroatoms. The minimum absolute atomic E-state index is 0.0974. The molecule has 1 aliphatic heterocycles. The Labute approximate surface area is 146 Å². The molecule has 0 spiro atoms. The van der Waals surface area contributed by atoms with Gasteiger partial charge >= 0.3 is 6.03 Å². The van der Waals surface area contributed by atoms with Crippen molar-refractivity contribution < 1.29 is 9.53 Å². The predicted octanol–water partition coefficient (Wildman–Crippen LogP) is 4.69. The third-order valence-electron chi connectivity index (χ3n) is 4.76. The zero-order valence-corrected chi connectivity index (χ0v) is 15.9. The molecule has 0 aliphatic carbocycles. The quantitative estimate of drug-likeness (QED) is 0.840. The summed E-state index contributed by atoms with van der Waals surface area (Å²) in [7, 11) is 0. The van der Waals surface area contributed by atoms with E-state index in [2.05, 4.69) is 51.3 Å². The van der Waals surface area contributed by atoms with Crippen LogP contribution in [0.3, 0.4) is 0 Å². The van der Waals surface area contributed by atoms with E-state index in [1.54, 1.807) is 0 Å². The molecule has 0 saturated carbocycles. The van der Waals surface area contributed by atoms with Crippen LogP contribution >= 0.6 is 0 Å². The molecule has 2 N–H and O–H groups in total.